The summed E-state index contributed by atoms with van der Waals surface area (Å²) in [5.41, 5.74) is 0. The van der Waals surface area contributed by atoms with Crippen molar-refractivity contribution in [2.45, 2.75) is 52.4 Å². The lowest BCUT2D eigenvalue weighted by Gasteiger charge is -2.39. The predicted molar refractivity (Wildman–Crippen MR) is 99.3 cm³/mol. The number of rotatable bonds is 3. The number of piperidine rings is 1. The van der Waals surface area contributed by atoms with E-state index in [0.29, 0.717) is 45.2 Å². The second-order valence-electron chi connectivity index (χ2n) is 8.39. The molecule has 0 spiro atoms. The molecule has 3 amide bonds. The Morgan fingerprint density at radius 1 is 0.654 bits per heavy atom. The maximum absolute atomic E-state index is 12.8. The van der Waals surface area contributed by atoms with Crippen LogP contribution in [0.15, 0.2) is 0 Å². The van der Waals surface area contributed by atoms with Gasteiger partial charge in [0.15, 0.2) is 0 Å². The summed E-state index contributed by atoms with van der Waals surface area (Å²) < 4.78 is 0. The Morgan fingerprint density at radius 3 is 1.50 bits per heavy atom. The molecular formula is C20H33N3O3. The molecule has 0 N–H and O–H groups in total. The number of carbonyl (C=O) groups excluding carboxylic acids is 3. The zero-order chi connectivity index (χ0) is 18.7. The van der Waals surface area contributed by atoms with Gasteiger partial charge in [0.2, 0.25) is 17.7 Å². The minimum Gasteiger partial charge on any atom is -0.342 e. The SMILES string of the molecule is CC(C)C(=O)N1CCC(C(=O)N2CCN(C(=O)C3CCCC3)CC2)CC1. The van der Waals surface area contributed by atoms with Gasteiger partial charge >= 0.3 is 0 Å². The minimum absolute atomic E-state index is 0.0210. The first-order valence-corrected chi connectivity index (χ1v) is 10.3. The van der Waals surface area contributed by atoms with E-state index in [2.05, 4.69) is 0 Å². The van der Waals surface area contributed by atoms with E-state index in [4.69, 9.17) is 0 Å². The molecule has 0 unspecified atom stereocenters. The van der Waals surface area contributed by atoms with E-state index >= 15 is 0 Å². The second kappa shape index (κ2) is 8.40. The van der Waals surface area contributed by atoms with Crippen LogP contribution >= 0.6 is 0 Å². The van der Waals surface area contributed by atoms with Crippen LogP contribution in [-0.2, 0) is 14.4 Å². The van der Waals surface area contributed by atoms with Gasteiger partial charge in [-0.1, -0.05) is 26.7 Å². The smallest absolute Gasteiger partial charge is 0.225 e. The molecule has 0 bridgehead atoms. The quantitative estimate of drug-likeness (QED) is 0.767. The predicted octanol–water partition coefficient (Wildman–Crippen LogP) is 1.74. The van der Waals surface area contributed by atoms with Crippen LogP contribution in [0.2, 0.25) is 0 Å². The third kappa shape index (κ3) is 4.21. The molecule has 26 heavy (non-hydrogen) atoms. The van der Waals surface area contributed by atoms with Crippen molar-refractivity contribution in [2.24, 2.45) is 17.8 Å². The molecule has 3 aliphatic rings. The number of piperazine rings is 1. The maximum atomic E-state index is 12.8. The van der Waals surface area contributed by atoms with Crippen molar-refractivity contribution in [1.82, 2.24) is 14.7 Å². The van der Waals surface area contributed by atoms with Crippen molar-refractivity contribution in [1.29, 1.82) is 0 Å². The van der Waals surface area contributed by atoms with E-state index in [1.807, 2.05) is 28.5 Å². The van der Waals surface area contributed by atoms with Crippen LogP contribution < -0.4 is 0 Å². The van der Waals surface area contributed by atoms with E-state index in [9.17, 15) is 14.4 Å². The summed E-state index contributed by atoms with van der Waals surface area (Å²) in [6, 6.07) is 0. The maximum Gasteiger partial charge on any atom is 0.225 e. The minimum atomic E-state index is 0.0210. The van der Waals surface area contributed by atoms with Gasteiger partial charge in [0.1, 0.15) is 0 Å². The standard InChI is InChI=1S/C20H33N3O3/c1-15(2)18(24)21-9-7-17(8-10-21)20(26)23-13-11-22(12-14-23)19(25)16-5-3-4-6-16/h15-17H,3-14H2,1-2H3. The summed E-state index contributed by atoms with van der Waals surface area (Å²) in [4.78, 5) is 43.2. The summed E-state index contributed by atoms with van der Waals surface area (Å²) in [6.45, 7) is 7.88. The molecule has 6 nitrogen and oxygen atoms in total. The normalized spacial score (nSPS) is 23.0. The summed E-state index contributed by atoms with van der Waals surface area (Å²) in [5.74, 6) is 0.982. The van der Waals surface area contributed by atoms with E-state index < -0.39 is 0 Å². The molecule has 0 aromatic heterocycles. The Hall–Kier alpha value is -1.59. The highest BCUT2D eigenvalue weighted by atomic mass is 16.2. The first kappa shape index (κ1) is 19.2. The third-order valence-corrected chi connectivity index (χ3v) is 6.26. The first-order valence-electron chi connectivity index (χ1n) is 10.3. The van der Waals surface area contributed by atoms with Gasteiger partial charge in [-0.2, -0.15) is 0 Å². The molecule has 0 radical (unpaired) electrons. The Kier molecular flexibility index (Phi) is 6.20. The number of amides is 3. The zero-order valence-corrected chi connectivity index (χ0v) is 16.3. The first-order chi connectivity index (χ1) is 12.5. The van der Waals surface area contributed by atoms with Crippen molar-refractivity contribution in [3.05, 3.63) is 0 Å². The molecule has 0 atom stereocenters. The Morgan fingerprint density at radius 2 is 1.08 bits per heavy atom. The van der Waals surface area contributed by atoms with Crippen LogP contribution in [0.25, 0.3) is 0 Å². The largest absolute Gasteiger partial charge is 0.342 e. The zero-order valence-electron chi connectivity index (χ0n) is 16.3. The van der Waals surface area contributed by atoms with Gasteiger partial charge in [-0.05, 0) is 25.7 Å². The average Bonchev–Trinajstić information content (AvgIpc) is 3.21. The van der Waals surface area contributed by atoms with Crippen molar-refractivity contribution >= 4 is 17.7 Å². The Bertz CT molecular complexity index is 526. The van der Waals surface area contributed by atoms with Gasteiger partial charge < -0.3 is 14.7 Å². The van der Waals surface area contributed by atoms with E-state index in [0.717, 1.165) is 25.7 Å². The number of hydrogen-bond acceptors (Lipinski definition) is 3. The molecule has 3 fully saturated rings. The van der Waals surface area contributed by atoms with Crippen LogP contribution in [0.5, 0.6) is 0 Å². The molecule has 6 heteroatoms. The molecule has 2 aliphatic heterocycles. The van der Waals surface area contributed by atoms with E-state index in [1.165, 1.54) is 12.8 Å². The van der Waals surface area contributed by atoms with Crippen LogP contribution in [0, 0.1) is 17.8 Å². The monoisotopic (exact) mass is 363 g/mol. The van der Waals surface area contributed by atoms with Gasteiger partial charge in [0, 0.05) is 57.0 Å². The molecular weight excluding hydrogens is 330 g/mol. The Labute approximate surface area is 156 Å². The van der Waals surface area contributed by atoms with Crippen LogP contribution in [0.1, 0.15) is 52.4 Å². The van der Waals surface area contributed by atoms with Crippen molar-refractivity contribution in [3.8, 4) is 0 Å². The third-order valence-electron chi connectivity index (χ3n) is 6.26. The van der Waals surface area contributed by atoms with E-state index in [1.54, 1.807) is 0 Å². The highest BCUT2D eigenvalue weighted by Gasteiger charge is 2.34. The summed E-state index contributed by atoms with van der Waals surface area (Å²) in [7, 11) is 0. The highest BCUT2D eigenvalue weighted by molar-refractivity contribution is 5.82. The lowest BCUT2D eigenvalue weighted by atomic mass is 9.94. The van der Waals surface area contributed by atoms with Crippen molar-refractivity contribution in [2.75, 3.05) is 39.3 Å². The highest BCUT2D eigenvalue weighted by Crippen LogP contribution is 2.27. The van der Waals surface area contributed by atoms with Gasteiger partial charge in [-0.3, -0.25) is 14.4 Å². The molecule has 0 aromatic rings. The van der Waals surface area contributed by atoms with Crippen molar-refractivity contribution in [3.63, 3.8) is 0 Å². The number of nitrogens with zero attached hydrogens (tertiary/aromatic N) is 3. The van der Waals surface area contributed by atoms with Crippen molar-refractivity contribution < 1.29 is 14.4 Å². The molecule has 2 saturated heterocycles. The second-order valence-corrected chi connectivity index (χ2v) is 8.39. The number of likely N-dealkylation sites (tertiary alicyclic amines) is 1. The van der Waals surface area contributed by atoms with Gasteiger partial charge in [-0.15, -0.1) is 0 Å². The number of carbonyl (C=O) groups is 3. The van der Waals surface area contributed by atoms with Gasteiger partial charge in [0.25, 0.3) is 0 Å². The fourth-order valence-electron chi connectivity index (χ4n) is 4.55. The fraction of sp³-hybridized carbons (Fsp3) is 0.850. The van der Waals surface area contributed by atoms with E-state index in [-0.39, 0.29) is 29.6 Å². The molecule has 3 rings (SSSR count). The van der Waals surface area contributed by atoms with Crippen LogP contribution in [0.4, 0.5) is 0 Å². The lowest BCUT2D eigenvalue weighted by Crippen LogP contribution is -2.54. The summed E-state index contributed by atoms with van der Waals surface area (Å²) >= 11 is 0. The summed E-state index contributed by atoms with van der Waals surface area (Å²) in [6.07, 6.45) is 5.94. The fourth-order valence-corrected chi connectivity index (χ4v) is 4.55. The summed E-state index contributed by atoms with van der Waals surface area (Å²) in [5, 5.41) is 0. The molecule has 1 saturated carbocycles. The van der Waals surface area contributed by atoms with Crippen LogP contribution in [0.3, 0.4) is 0 Å². The van der Waals surface area contributed by atoms with Gasteiger partial charge in [-0.25, -0.2) is 0 Å². The van der Waals surface area contributed by atoms with Gasteiger partial charge in [0.05, 0.1) is 0 Å². The molecule has 146 valence electrons. The Balaban J connectivity index is 1.44. The molecule has 1 aliphatic carbocycles. The lowest BCUT2D eigenvalue weighted by molar-refractivity contribution is -0.146. The number of hydrogen-bond donors (Lipinski definition) is 0. The molecule has 0 aromatic carbocycles. The van der Waals surface area contributed by atoms with Crippen LogP contribution in [-0.4, -0.2) is 71.7 Å². The average molecular weight is 364 g/mol. The molecule has 2 heterocycles. The topological polar surface area (TPSA) is 60.9 Å².